The van der Waals surface area contributed by atoms with E-state index in [1.54, 1.807) is 0 Å². The third-order valence-electron chi connectivity index (χ3n) is 2.06. The predicted molar refractivity (Wildman–Crippen MR) is 64.8 cm³/mol. The second-order valence-corrected chi connectivity index (χ2v) is 3.97. The molecule has 1 N–H and O–H groups in total. The molecule has 0 atom stereocenters. The molecule has 0 spiro atoms. The standard InChI is InChI=1S/C11H13IO/c1-3-8(4-2)9-6-5-7-10(12)11(9)13/h3,5-7,13H,4H2,1-2H3/b8-3-. The lowest BCUT2D eigenvalue weighted by molar-refractivity contribution is 0.469. The van der Waals surface area contributed by atoms with E-state index in [1.165, 1.54) is 5.57 Å². The zero-order valence-electron chi connectivity index (χ0n) is 7.84. The summed E-state index contributed by atoms with van der Waals surface area (Å²) in [6.07, 6.45) is 3.00. The molecule has 0 aliphatic carbocycles. The number of phenols is 1. The van der Waals surface area contributed by atoms with E-state index in [0.29, 0.717) is 5.75 Å². The second-order valence-electron chi connectivity index (χ2n) is 2.80. The number of allylic oxidation sites excluding steroid dienone is 2. The van der Waals surface area contributed by atoms with Crippen molar-refractivity contribution in [2.45, 2.75) is 20.3 Å². The third kappa shape index (κ3) is 2.24. The molecule has 70 valence electrons. The molecule has 0 unspecified atom stereocenters. The van der Waals surface area contributed by atoms with Crippen molar-refractivity contribution in [1.29, 1.82) is 0 Å². The van der Waals surface area contributed by atoms with Crippen LogP contribution in [0.15, 0.2) is 24.3 Å². The number of phenolic OH excluding ortho intramolecular Hbond substituents is 1. The Hall–Kier alpha value is -0.510. The van der Waals surface area contributed by atoms with Crippen molar-refractivity contribution in [3.63, 3.8) is 0 Å². The maximum Gasteiger partial charge on any atom is 0.136 e. The van der Waals surface area contributed by atoms with E-state index < -0.39 is 0 Å². The van der Waals surface area contributed by atoms with Crippen LogP contribution in [0.2, 0.25) is 0 Å². The third-order valence-corrected chi connectivity index (χ3v) is 2.93. The van der Waals surface area contributed by atoms with Gasteiger partial charge in [0.2, 0.25) is 0 Å². The Bertz CT molecular complexity index is 329. The average Bonchev–Trinajstić information content (AvgIpc) is 2.14. The molecule has 0 fully saturated rings. The van der Waals surface area contributed by atoms with Gasteiger partial charge in [-0.25, -0.2) is 0 Å². The van der Waals surface area contributed by atoms with Crippen LogP contribution in [0.5, 0.6) is 5.75 Å². The van der Waals surface area contributed by atoms with Gasteiger partial charge in [-0.05, 0) is 47.6 Å². The van der Waals surface area contributed by atoms with Crippen molar-refractivity contribution in [3.8, 4) is 5.75 Å². The van der Waals surface area contributed by atoms with Crippen LogP contribution in [0.25, 0.3) is 5.57 Å². The number of rotatable bonds is 2. The van der Waals surface area contributed by atoms with Crippen molar-refractivity contribution in [1.82, 2.24) is 0 Å². The average molecular weight is 288 g/mol. The summed E-state index contributed by atoms with van der Waals surface area (Å²) in [6.45, 7) is 4.09. The van der Waals surface area contributed by atoms with Gasteiger partial charge in [0.25, 0.3) is 0 Å². The fourth-order valence-electron chi connectivity index (χ4n) is 1.32. The van der Waals surface area contributed by atoms with Gasteiger partial charge in [-0.15, -0.1) is 0 Å². The Morgan fingerprint density at radius 2 is 2.23 bits per heavy atom. The van der Waals surface area contributed by atoms with Gasteiger partial charge in [-0.2, -0.15) is 0 Å². The molecule has 1 aromatic rings. The maximum atomic E-state index is 9.78. The fourth-order valence-corrected chi connectivity index (χ4v) is 1.82. The molecule has 0 radical (unpaired) electrons. The molecule has 0 bridgehead atoms. The summed E-state index contributed by atoms with van der Waals surface area (Å²) < 4.78 is 0.905. The van der Waals surface area contributed by atoms with Crippen molar-refractivity contribution in [2.75, 3.05) is 0 Å². The first-order chi connectivity index (χ1) is 6.20. The smallest absolute Gasteiger partial charge is 0.136 e. The van der Waals surface area contributed by atoms with Crippen LogP contribution in [0.4, 0.5) is 0 Å². The minimum Gasteiger partial charge on any atom is -0.506 e. The summed E-state index contributed by atoms with van der Waals surface area (Å²) in [4.78, 5) is 0. The van der Waals surface area contributed by atoms with Crippen LogP contribution in [0.3, 0.4) is 0 Å². The van der Waals surface area contributed by atoms with E-state index in [1.807, 2.05) is 31.2 Å². The minimum atomic E-state index is 0.401. The largest absolute Gasteiger partial charge is 0.506 e. The van der Waals surface area contributed by atoms with Gasteiger partial charge in [-0.1, -0.05) is 25.1 Å². The first-order valence-electron chi connectivity index (χ1n) is 4.33. The Morgan fingerprint density at radius 3 is 2.77 bits per heavy atom. The highest BCUT2D eigenvalue weighted by molar-refractivity contribution is 14.1. The van der Waals surface area contributed by atoms with Crippen molar-refractivity contribution < 1.29 is 5.11 Å². The van der Waals surface area contributed by atoms with Gasteiger partial charge >= 0.3 is 0 Å². The summed E-state index contributed by atoms with van der Waals surface area (Å²) in [6, 6.07) is 5.83. The van der Waals surface area contributed by atoms with E-state index in [-0.39, 0.29) is 0 Å². The van der Waals surface area contributed by atoms with Gasteiger partial charge < -0.3 is 5.11 Å². The molecule has 0 aromatic heterocycles. The number of hydrogen-bond donors (Lipinski definition) is 1. The normalized spacial score (nSPS) is 11.8. The highest BCUT2D eigenvalue weighted by Crippen LogP contribution is 2.30. The summed E-state index contributed by atoms with van der Waals surface area (Å²) in [5, 5.41) is 9.78. The van der Waals surface area contributed by atoms with Crippen LogP contribution in [-0.4, -0.2) is 5.11 Å². The molecule has 0 heterocycles. The second kappa shape index (κ2) is 4.65. The maximum absolute atomic E-state index is 9.78. The Kier molecular flexibility index (Phi) is 3.78. The number of hydrogen-bond acceptors (Lipinski definition) is 1. The van der Waals surface area contributed by atoms with E-state index in [0.717, 1.165) is 15.6 Å². The van der Waals surface area contributed by atoms with E-state index in [2.05, 4.69) is 29.5 Å². The Balaban J connectivity index is 3.22. The molecule has 1 rings (SSSR count). The van der Waals surface area contributed by atoms with Crippen LogP contribution in [-0.2, 0) is 0 Å². The van der Waals surface area contributed by atoms with E-state index in [9.17, 15) is 5.11 Å². The van der Waals surface area contributed by atoms with E-state index >= 15 is 0 Å². The summed E-state index contributed by atoms with van der Waals surface area (Å²) in [5.41, 5.74) is 2.15. The van der Waals surface area contributed by atoms with Gasteiger partial charge in [0, 0.05) is 5.56 Å². The van der Waals surface area contributed by atoms with Gasteiger partial charge in [0.1, 0.15) is 5.75 Å². The van der Waals surface area contributed by atoms with Crippen molar-refractivity contribution in [3.05, 3.63) is 33.4 Å². The monoisotopic (exact) mass is 288 g/mol. The molecule has 0 saturated carbocycles. The van der Waals surface area contributed by atoms with Gasteiger partial charge in [-0.3, -0.25) is 0 Å². The molecule has 0 aliphatic rings. The zero-order chi connectivity index (χ0) is 9.84. The molecular weight excluding hydrogens is 275 g/mol. The minimum absolute atomic E-state index is 0.401. The zero-order valence-corrected chi connectivity index (χ0v) is 10.00. The topological polar surface area (TPSA) is 20.2 Å². The van der Waals surface area contributed by atoms with Crippen LogP contribution >= 0.6 is 22.6 Å². The number of halogens is 1. The fraction of sp³-hybridized carbons (Fsp3) is 0.273. The van der Waals surface area contributed by atoms with Crippen molar-refractivity contribution >= 4 is 28.2 Å². The van der Waals surface area contributed by atoms with Crippen LogP contribution < -0.4 is 0 Å². The lowest BCUT2D eigenvalue weighted by Gasteiger charge is -2.07. The molecule has 2 heteroatoms. The molecule has 13 heavy (non-hydrogen) atoms. The molecule has 0 saturated heterocycles. The van der Waals surface area contributed by atoms with Crippen LogP contribution in [0.1, 0.15) is 25.8 Å². The molecule has 1 aromatic carbocycles. The summed E-state index contributed by atoms with van der Waals surface area (Å²) in [5.74, 6) is 0.401. The molecule has 0 amide bonds. The lowest BCUT2D eigenvalue weighted by Crippen LogP contribution is -1.85. The highest BCUT2D eigenvalue weighted by Gasteiger charge is 2.06. The summed E-state index contributed by atoms with van der Waals surface area (Å²) in [7, 11) is 0. The molecule has 1 nitrogen and oxygen atoms in total. The first-order valence-corrected chi connectivity index (χ1v) is 5.41. The molecular formula is C11H13IO. The van der Waals surface area contributed by atoms with Crippen LogP contribution in [0, 0.1) is 3.57 Å². The number of para-hydroxylation sites is 1. The Labute approximate surface area is 92.6 Å². The number of aromatic hydroxyl groups is 1. The number of benzene rings is 1. The van der Waals surface area contributed by atoms with Gasteiger partial charge in [0.05, 0.1) is 3.57 Å². The van der Waals surface area contributed by atoms with E-state index in [4.69, 9.17) is 0 Å². The Morgan fingerprint density at radius 1 is 1.54 bits per heavy atom. The van der Waals surface area contributed by atoms with Crippen molar-refractivity contribution in [2.24, 2.45) is 0 Å². The first kappa shape index (κ1) is 10.6. The lowest BCUT2D eigenvalue weighted by atomic mass is 10.0. The quantitative estimate of drug-likeness (QED) is 0.820. The molecule has 0 aliphatic heterocycles. The predicted octanol–water partition coefficient (Wildman–Crippen LogP) is 3.81. The van der Waals surface area contributed by atoms with Gasteiger partial charge in [0.15, 0.2) is 0 Å². The SMILES string of the molecule is C/C=C(/CC)c1cccc(I)c1O. The summed E-state index contributed by atoms with van der Waals surface area (Å²) >= 11 is 2.14. The highest BCUT2D eigenvalue weighted by atomic mass is 127.